The number of anilines is 3. The quantitative estimate of drug-likeness (QED) is 0.484. The third-order valence-corrected chi connectivity index (χ3v) is 5.27. The van der Waals surface area contributed by atoms with E-state index in [0.29, 0.717) is 30.0 Å². The number of rotatable bonds is 5. The van der Waals surface area contributed by atoms with Crippen molar-refractivity contribution in [2.75, 3.05) is 23.3 Å². The molecule has 0 fully saturated rings. The normalized spacial score (nSPS) is 13.5. The van der Waals surface area contributed by atoms with Crippen LogP contribution >= 0.6 is 0 Å². The number of amides is 1. The van der Waals surface area contributed by atoms with Gasteiger partial charge in [-0.1, -0.05) is 0 Å². The number of halogens is 6. The Bertz CT molecular complexity index is 1350. The van der Waals surface area contributed by atoms with Crippen LogP contribution in [0.2, 0.25) is 0 Å². The van der Waals surface area contributed by atoms with E-state index in [9.17, 15) is 31.1 Å². The summed E-state index contributed by atoms with van der Waals surface area (Å²) in [6, 6.07) is 5.03. The van der Waals surface area contributed by atoms with E-state index in [-0.39, 0.29) is 18.2 Å². The minimum Gasteiger partial charge on any atom is -0.365 e. The van der Waals surface area contributed by atoms with E-state index >= 15 is 0 Å². The van der Waals surface area contributed by atoms with Gasteiger partial charge in [0.25, 0.3) is 5.91 Å². The third kappa shape index (κ3) is 6.00. The predicted molar refractivity (Wildman–Crippen MR) is 114 cm³/mol. The van der Waals surface area contributed by atoms with Crippen LogP contribution in [0.1, 0.15) is 32.9 Å². The summed E-state index contributed by atoms with van der Waals surface area (Å²) in [4.78, 5) is 25.6. The largest absolute Gasteiger partial charge is 0.417 e. The molecule has 0 aliphatic carbocycles. The number of aromatic nitrogens is 5. The molecule has 1 aliphatic rings. The van der Waals surface area contributed by atoms with Crippen LogP contribution in [0.4, 0.5) is 43.8 Å². The molecule has 37 heavy (non-hydrogen) atoms. The first-order valence-corrected chi connectivity index (χ1v) is 10.5. The summed E-state index contributed by atoms with van der Waals surface area (Å²) in [6.07, 6.45) is -6.75. The van der Waals surface area contributed by atoms with Gasteiger partial charge in [-0.15, -0.1) is 10.2 Å². The van der Waals surface area contributed by atoms with E-state index < -0.39 is 41.6 Å². The van der Waals surface area contributed by atoms with Crippen LogP contribution in [-0.4, -0.2) is 50.3 Å². The van der Waals surface area contributed by atoms with Crippen LogP contribution in [-0.2, 0) is 19.1 Å². The summed E-state index contributed by atoms with van der Waals surface area (Å²) in [6.45, 7) is -1.06. The van der Waals surface area contributed by atoms with Gasteiger partial charge in [-0.25, -0.2) is 15.0 Å². The molecule has 4 rings (SSSR count). The average molecular weight is 523 g/mol. The number of nitrogens with zero attached hydrogens (tertiary/aromatic N) is 7. The molecular weight excluding hydrogens is 508 g/mol. The molecule has 2 aromatic heterocycles. The summed E-state index contributed by atoms with van der Waals surface area (Å²) < 4.78 is 76.8. The van der Waals surface area contributed by atoms with Gasteiger partial charge in [0, 0.05) is 17.8 Å². The second-order valence-corrected chi connectivity index (χ2v) is 7.75. The number of carbonyl (C=O) groups excluding carboxylic acids is 1. The van der Waals surface area contributed by atoms with Gasteiger partial charge in [-0.2, -0.15) is 31.6 Å². The fourth-order valence-electron chi connectivity index (χ4n) is 3.56. The lowest BCUT2D eigenvalue weighted by Gasteiger charge is -2.31. The van der Waals surface area contributed by atoms with Gasteiger partial charge < -0.3 is 15.5 Å². The van der Waals surface area contributed by atoms with E-state index in [4.69, 9.17) is 5.26 Å². The molecule has 1 amide bonds. The van der Waals surface area contributed by atoms with Crippen molar-refractivity contribution in [3.8, 4) is 6.07 Å². The highest BCUT2D eigenvalue weighted by molar-refractivity contribution is 5.91. The van der Waals surface area contributed by atoms with Crippen molar-refractivity contribution in [3.05, 3.63) is 58.8 Å². The molecule has 0 unspecified atom stereocenters. The fourth-order valence-corrected chi connectivity index (χ4v) is 3.56. The molecule has 0 atom stereocenters. The van der Waals surface area contributed by atoms with Crippen LogP contribution in [0.25, 0.3) is 0 Å². The second-order valence-electron chi connectivity index (χ2n) is 7.75. The minimum absolute atomic E-state index is 0.0855. The van der Waals surface area contributed by atoms with Crippen molar-refractivity contribution in [3.63, 3.8) is 0 Å². The zero-order valence-corrected chi connectivity index (χ0v) is 18.5. The molecule has 3 heterocycles. The van der Waals surface area contributed by atoms with Gasteiger partial charge in [0.1, 0.15) is 18.7 Å². The van der Waals surface area contributed by atoms with Gasteiger partial charge in [0.15, 0.2) is 5.69 Å². The van der Waals surface area contributed by atoms with E-state index in [1.54, 1.807) is 16.3 Å². The van der Waals surface area contributed by atoms with Crippen LogP contribution in [0.5, 0.6) is 0 Å². The highest BCUT2D eigenvalue weighted by Gasteiger charge is 2.34. The molecule has 0 radical (unpaired) electrons. The van der Waals surface area contributed by atoms with Crippen molar-refractivity contribution in [2.45, 2.75) is 25.3 Å². The number of carbonyl (C=O) groups is 1. The summed E-state index contributed by atoms with van der Waals surface area (Å²) in [5, 5.41) is 20.7. The number of nitriles is 1. The molecule has 1 aliphatic heterocycles. The summed E-state index contributed by atoms with van der Waals surface area (Å²) in [5.74, 6) is -0.881. The first-order chi connectivity index (χ1) is 17.4. The molecule has 2 N–H and O–H groups in total. The van der Waals surface area contributed by atoms with Crippen LogP contribution < -0.4 is 15.5 Å². The molecule has 0 saturated carbocycles. The van der Waals surface area contributed by atoms with E-state index in [1.165, 1.54) is 12.4 Å². The standard InChI is InChI=1S/C21H15F6N9O/c22-20(23,24)9-30-18(37)15-7-29-19(35-34-15)33-17-13-3-4-36(8-16(13)31-10-32-17)12-2-1-11(6-28)14(5-12)21(25,26)27/h1-2,5,7,10H,3-4,8-9H2,(H,30,37)(H,29,31,32,33,35). The Labute approximate surface area is 204 Å². The number of alkyl halides is 6. The van der Waals surface area contributed by atoms with Gasteiger partial charge in [0.2, 0.25) is 5.95 Å². The lowest BCUT2D eigenvalue weighted by atomic mass is 10.0. The van der Waals surface area contributed by atoms with Crippen molar-refractivity contribution in [1.29, 1.82) is 5.26 Å². The van der Waals surface area contributed by atoms with Gasteiger partial charge in [0.05, 0.1) is 35.6 Å². The maximum Gasteiger partial charge on any atom is 0.417 e. The SMILES string of the molecule is N#Cc1ccc(N2CCc3c(ncnc3Nc3ncc(C(=O)NCC(F)(F)F)nn3)C2)cc1C(F)(F)F. The highest BCUT2D eigenvalue weighted by atomic mass is 19.4. The smallest absolute Gasteiger partial charge is 0.365 e. The third-order valence-electron chi connectivity index (χ3n) is 5.27. The minimum atomic E-state index is -4.68. The van der Waals surface area contributed by atoms with Gasteiger partial charge >= 0.3 is 12.4 Å². The van der Waals surface area contributed by atoms with Crippen LogP contribution in [0.15, 0.2) is 30.7 Å². The molecular formula is C21H15F6N9O. The molecule has 1 aromatic carbocycles. The van der Waals surface area contributed by atoms with E-state index in [2.05, 4.69) is 30.5 Å². The van der Waals surface area contributed by atoms with Gasteiger partial charge in [-0.05, 0) is 24.6 Å². The molecule has 3 aromatic rings. The topological polar surface area (TPSA) is 133 Å². The number of nitrogens with one attached hydrogen (secondary N) is 2. The summed E-state index contributed by atoms with van der Waals surface area (Å²) in [7, 11) is 0. The Morgan fingerprint density at radius 3 is 2.54 bits per heavy atom. The average Bonchev–Trinajstić information content (AvgIpc) is 2.86. The number of hydrogen-bond acceptors (Lipinski definition) is 9. The summed E-state index contributed by atoms with van der Waals surface area (Å²) in [5.41, 5.74) is -0.465. The Kier molecular flexibility index (Phi) is 6.79. The zero-order valence-electron chi connectivity index (χ0n) is 18.5. The van der Waals surface area contributed by atoms with Crippen molar-refractivity contribution < 1.29 is 31.1 Å². The Balaban J connectivity index is 1.48. The molecule has 0 bridgehead atoms. The summed E-state index contributed by atoms with van der Waals surface area (Å²) >= 11 is 0. The first-order valence-electron chi connectivity index (χ1n) is 10.5. The van der Waals surface area contributed by atoms with Crippen molar-refractivity contribution in [2.24, 2.45) is 0 Å². The predicted octanol–water partition coefficient (Wildman–Crippen LogP) is 3.15. The number of benzene rings is 1. The first kappa shape index (κ1) is 25.5. The van der Waals surface area contributed by atoms with Crippen LogP contribution in [0, 0.1) is 11.3 Å². The molecule has 192 valence electrons. The lowest BCUT2D eigenvalue weighted by molar-refractivity contribution is -0.137. The molecule has 10 nitrogen and oxygen atoms in total. The monoisotopic (exact) mass is 523 g/mol. The molecule has 0 spiro atoms. The number of fused-ring (bicyclic) bond motifs is 1. The maximum atomic E-state index is 13.4. The van der Waals surface area contributed by atoms with Crippen LogP contribution in [0.3, 0.4) is 0 Å². The Morgan fingerprint density at radius 1 is 1.11 bits per heavy atom. The van der Waals surface area contributed by atoms with Crippen molar-refractivity contribution in [1.82, 2.24) is 30.5 Å². The van der Waals surface area contributed by atoms with E-state index in [0.717, 1.165) is 18.3 Å². The van der Waals surface area contributed by atoms with Gasteiger partial charge in [-0.3, -0.25) is 4.79 Å². The van der Waals surface area contributed by atoms with E-state index in [1.807, 2.05) is 0 Å². The highest BCUT2D eigenvalue weighted by Crippen LogP contribution is 2.36. The fraction of sp³-hybridized carbons (Fsp3) is 0.286. The maximum absolute atomic E-state index is 13.4. The second kappa shape index (κ2) is 9.84. The number of hydrogen-bond donors (Lipinski definition) is 2. The molecule has 16 heteroatoms. The molecule has 0 saturated heterocycles. The Hall–Kier alpha value is -4.55. The zero-order chi connectivity index (χ0) is 26.8. The van der Waals surface area contributed by atoms with Crippen molar-refractivity contribution >= 4 is 23.4 Å². The lowest BCUT2D eigenvalue weighted by Crippen LogP contribution is -2.34. The Morgan fingerprint density at radius 2 is 1.89 bits per heavy atom.